The Labute approximate surface area is 105 Å². The zero-order valence-electron chi connectivity index (χ0n) is 9.68. The van der Waals surface area contributed by atoms with E-state index in [1.807, 2.05) is 6.92 Å². The van der Waals surface area contributed by atoms with Gasteiger partial charge >= 0.3 is 6.01 Å². The van der Waals surface area contributed by atoms with Crippen LogP contribution in [0.3, 0.4) is 0 Å². The van der Waals surface area contributed by atoms with Gasteiger partial charge in [0.1, 0.15) is 10.7 Å². The van der Waals surface area contributed by atoms with Crippen LogP contribution in [0.2, 0.25) is 0 Å². The molecule has 0 amide bonds. The molecule has 5 nitrogen and oxygen atoms in total. The van der Waals surface area contributed by atoms with Gasteiger partial charge in [-0.3, -0.25) is 0 Å². The summed E-state index contributed by atoms with van der Waals surface area (Å²) in [5.41, 5.74) is 6.87. The first kappa shape index (κ1) is 12.2. The van der Waals surface area contributed by atoms with Gasteiger partial charge in [-0.15, -0.1) is 0 Å². The van der Waals surface area contributed by atoms with E-state index in [-0.39, 0.29) is 4.99 Å². The van der Waals surface area contributed by atoms with Crippen LogP contribution in [0.1, 0.15) is 17.8 Å². The highest BCUT2D eigenvalue weighted by molar-refractivity contribution is 7.80. The van der Waals surface area contributed by atoms with Gasteiger partial charge in [0.15, 0.2) is 0 Å². The maximum atomic E-state index is 5.54. The predicted molar refractivity (Wildman–Crippen MR) is 67.1 cm³/mol. The molecular weight excluding hydrogens is 238 g/mol. The minimum atomic E-state index is 0.254. The minimum Gasteiger partial charge on any atom is -0.463 e. The smallest absolute Gasteiger partial charge is 0.317 e. The van der Waals surface area contributed by atoms with Crippen molar-refractivity contribution in [1.29, 1.82) is 0 Å². The second-order valence-corrected chi connectivity index (χ2v) is 4.52. The summed E-state index contributed by atoms with van der Waals surface area (Å²) in [4.78, 5) is 8.60. The average Bonchev–Trinajstić information content (AvgIpc) is 2.78. The van der Waals surface area contributed by atoms with Gasteiger partial charge in [-0.2, -0.15) is 4.98 Å². The summed E-state index contributed by atoms with van der Waals surface area (Å²) in [6.07, 6.45) is 1.02. The van der Waals surface area contributed by atoms with Crippen LogP contribution in [0.4, 0.5) is 0 Å². The lowest BCUT2D eigenvalue weighted by atomic mass is 10.1. The zero-order chi connectivity index (χ0) is 12.3. The van der Waals surface area contributed by atoms with Crippen molar-refractivity contribution >= 4 is 17.2 Å². The van der Waals surface area contributed by atoms with Crippen LogP contribution >= 0.6 is 12.2 Å². The molecule has 0 radical (unpaired) electrons. The van der Waals surface area contributed by atoms with E-state index < -0.39 is 0 Å². The molecule has 92 valence electrons. The Kier molecular flexibility index (Phi) is 3.86. The molecule has 1 unspecified atom stereocenters. The van der Waals surface area contributed by atoms with Crippen molar-refractivity contribution < 1.29 is 9.47 Å². The van der Waals surface area contributed by atoms with Crippen LogP contribution in [0.25, 0.3) is 0 Å². The number of hydrogen-bond donors (Lipinski definition) is 1. The van der Waals surface area contributed by atoms with Crippen LogP contribution in [-0.2, 0) is 4.74 Å². The number of aromatic nitrogens is 2. The van der Waals surface area contributed by atoms with Crippen molar-refractivity contribution in [3.05, 3.63) is 17.5 Å². The zero-order valence-corrected chi connectivity index (χ0v) is 10.5. The molecule has 2 rings (SSSR count). The average molecular weight is 253 g/mol. The summed E-state index contributed by atoms with van der Waals surface area (Å²) in [7, 11) is 0. The molecule has 1 fully saturated rings. The molecule has 2 N–H and O–H groups in total. The first-order chi connectivity index (χ1) is 8.15. The van der Waals surface area contributed by atoms with Gasteiger partial charge in [0, 0.05) is 18.2 Å². The Morgan fingerprint density at radius 2 is 2.47 bits per heavy atom. The first-order valence-electron chi connectivity index (χ1n) is 5.51. The van der Waals surface area contributed by atoms with E-state index in [9.17, 15) is 0 Å². The number of nitrogens with two attached hydrogens (primary N) is 1. The van der Waals surface area contributed by atoms with Gasteiger partial charge in [0.2, 0.25) is 0 Å². The molecule has 0 bridgehead atoms. The van der Waals surface area contributed by atoms with Gasteiger partial charge in [0.25, 0.3) is 0 Å². The molecular formula is C11H15N3O2S. The summed E-state index contributed by atoms with van der Waals surface area (Å²) in [6.45, 7) is 3.98. The van der Waals surface area contributed by atoms with Crippen molar-refractivity contribution in [2.45, 2.75) is 13.3 Å². The van der Waals surface area contributed by atoms with E-state index in [1.165, 1.54) is 0 Å². The summed E-state index contributed by atoms with van der Waals surface area (Å²) in [6, 6.07) is 2.08. The standard InChI is InChI=1S/C11H15N3O2S/c1-7-4-9(10(12)17)14-11(13-7)16-6-8-2-3-15-5-8/h4,8H,2-3,5-6H2,1H3,(H2,12,17). The molecule has 1 aliphatic heterocycles. The molecule has 0 aromatic carbocycles. The third kappa shape index (κ3) is 3.34. The lowest BCUT2D eigenvalue weighted by Gasteiger charge is -2.10. The third-order valence-corrected chi connectivity index (χ3v) is 2.77. The van der Waals surface area contributed by atoms with Crippen LogP contribution in [-0.4, -0.2) is 34.8 Å². The Morgan fingerprint density at radius 3 is 3.12 bits per heavy atom. The van der Waals surface area contributed by atoms with E-state index in [0.29, 0.717) is 24.2 Å². The summed E-state index contributed by atoms with van der Waals surface area (Å²) < 4.78 is 10.8. The van der Waals surface area contributed by atoms with Crippen molar-refractivity contribution in [2.75, 3.05) is 19.8 Å². The molecule has 6 heteroatoms. The lowest BCUT2D eigenvalue weighted by molar-refractivity contribution is 0.163. The van der Waals surface area contributed by atoms with Gasteiger partial charge in [-0.1, -0.05) is 12.2 Å². The highest BCUT2D eigenvalue weighted by Gasteiger charge is 2.17. The van der Waals surface area contributed by atoms with E-state index in [4.69, 9.17) is 27.4 Å². The summed E-state index contributed by atoms with van der Waals surface area (Å²) >= 11 is 4.88. The minimum absolute atomic E-state index is 0.254. The van der Waals surface area contributed by atoms with Crippen LogP contribution in [0.15, 0.2) is 6.07 Å². The number of hydrogen-bond acceptors (Lipinski definition) is 5. The van der Waals surface area contributed by atoms with Crippen LogP contribution < -0.4 is 10.5 Å². The van der Waals surface area contributed by atoms with Crippen molar-refractivity contribution in [3.8, 4) is 6.01 Å². The predicted octanol–water partition coefficient (Wildman–Crippen LogP) is 0.835. The molecule has 2 heterocycles. The molecule has 1 aromatic heterocycles. The third-order valence-electron chi connectivity index (χ3n) is 2.56. The molecule has 0 aliphatic carbocycles. The quantitative estimate of drug-likeness (QED) is 0.802. The van der Waals surface area contributed by atoms with Gasteiger partial charge < -0.3 is 15.2 Å². The summed E-state index contributed by atoms with van der Waals surface area (Å²) in [5, 5.41) is 0. The highest BCUT2D eigenvalue weighted by Crippen LogP contribution is 2.14. The molecule has 17 heavy (non-hydrogen) atoms. The van der Waals surface area contributed by atoms with Crippen molar-refractivity contribution in [1.82, 2.24) is 9.97 Å². The van der Waals surface area contributed by atoms with E-state index in [2.05, 4.69) is 9.97 Å². The molecule has 1 saturated heterocycles. The highest BCUT2D eigenvalue weighted by atomic mass is 32.1. The Balaban J connectivity index is 2.01. The van der Waals surface area contributed by atoms with Crippen molar-refractivity contribution in [3.63, 3.8) is 0 Å². The largest absolute Gasteiger partial charge is 0.463 e. The molecule has 0 spiro atoms. The fraction of sp³-hybridized carbons (Fsp3) is 0.545. The number of rotatable bonds is 4. The monoisotopic (exact) mass is 253 g/mol. The number of aryl methyl sites for hydroxylation is 1. The van der Waals surface area contributed by atoms with Crippen LogP contribution in [0, 0.1) is 12.8 Å². The first-order valence-corrected chi connectivity index (χ1v) is 5.92. The topological polar surface area (TPSA) is 70.3 Å². The van der Waals surface area contributed by atoms with E-state index >= 15 is 0 Å². The van der Waals surface area contributed by atoms with E-state index in [0.717, 1.165) is 25.3 Å². The second kappa shape index (κ2) is 5.37. The Bertz CT molecular complexity index is 419. The number of nitrogens with zero attached hydrogens (tertiary/aromatic N) is 2. The fourth-order valence-corrected chi connectivity index (χ4v) is 1.74. The van der Waals surface area contributed by atoms with Crippen molar-refractivity contribution in [2.24, 2.45) is 11.7 Å². The normalized spacial score (nSPS) is 19.2. The summed E-state index contributed by atoms with van der Waals surface area (Å²) in [5.74, 6) is 0.424. The van der Waals surface area contributed by atoms with Gasteiger partial charge in [-0.05, 0) is 19.4 Å². The Hall–Kier alpha value is -1.27. The lowest BCUT2D eigenvalue weighted by Crippen LogP contribution is -2.16. The van der Waals surface area contributed by atoms with Gasteiger partial charge in [-0.25, -0.2) is 4.98 Å². The second-order valence-electron chi connectivity index (χ2n) is 4.08. The molecule has 0 saturated carbocycles. The number of ether oxygens (including phenoxy) is 2. The maximum absolute atomic E-state index is 5.54. The molecule has 1 aliphatic rings. The molecule has 1 atom stereocenters. The molecule has 1 aromatic rings. The van der Waals surface area contributed by atoms with Gasteiger partial charge in [0.05, 0.1) is 13.2 Å². The van der Waals surface area contributed by atoms with E-state index in [1.54, 1.807) is 6.07 Å². The fourth-order valence-electron chi connectivity index (χ4n) is 1.64. The number of thiocarbonyl (C=S) groups is 1. The SMILES string of the molecule is Cc1cc(C(N)=S)nc(OCC2CCOC2)n1. The maximum Gasteiger partial charge on any atom is 0.317 e. The Morgan fingerprint density at radius 1 is 1.65 bits per heavy atom. The van der Waals surface area contributed by atoms with Crippen LogP contribution in [0.5, 0.6) is 6.01 Å².